The van der Waals surface area contributed by atoms with E-state index in [9.17, 15) is 4.79 Å². The van der Waals surface area contributed by atoms with E-state index in [-0.39, 0.29) is 11.9 Å². The predicted molar refractivity (Wildman–Crippen MR) is 87.2 cm³/mol. The fourth-order valence-corrected chi connectivity index (χ4v) is 2.92. The van der Waals surface area contributed by atoms with E-state index in [0.29, 0.717) is 0 Å². The van der Waals surface area contributed by atoms with E-state index in [2.05, 4.69) is 29.4 Å². The molecule has 1 saturated heterocycles. The number of hydrogen-bond acceptors (Lipinski definition) is 3. The molecule has 116 valence electrons. The van der Waals surface area contributed by atoms with Gasteiger partial charge >= 0.3 is 0 Å². The third kappa shape index (κ3) is 3.12. The van der Waals surface area contributed by atoms with Gasteiger partial charge in [-0.2, -0.15) is 0 Å². The molecule has 3 rings (SSSR count). The second-order valence-corrected chi connectivity index (χ2v) is 5.88. The van der Waals surface area contributed by atoms with Crippen molar-refractivity contribution in [1.29, 1.82) is 0 Å². The largest absolute Gasteiger partial charge is 0.381 e. The molecule has 1 aromatic heterocycles. The summed E-state index contributed by atoms with van der Waals surface area (Å²) in [6.45, 7) is 5.49. The second kappa shape index (κ2) is 6.44. The van der Waals surface area contributed by atoms with Gasteiger partial charge in [0.2, 0.25) is 0 Å². The van der Waals surface area contributed by atoms with E-state index in [1.807, 2.05) is 19.1 Å². The Morgan fingerprint density at radius 2 is 2.09 bits per heavy atom. The molecule has 0 aliphatic carbocycles. The lowest BCUT2D eigenvalue weighted by Crippen LogP contribution is -2.39. The molecule has 1 fully saturated rings. The number of ether oxygens (including phenoxy) is 1. The summed E-state index contributed by atoms with van der Waals surface area (Å²) in [5.74, 6) is -0.00402. The molecular formula is C18H22N2O2. The van der Waals surface area contributed by atoms with E-state index >= 15 is 0 Å². The maximum atomic E-state index is 12.7. The van der Waals surface area contributed by atoms with Crippen LogP contribution < -0.4 is 5.32 Å². The number of aromatic nitrogens is 1. The third-order valence-electron chi connectivity index (χ3n) is 4.21. The van der Waals surface area contributed by atoms with Crippen molar-refractivity contribution in [2.24, 2.45) is 0 Å². The Balaban J connectivity index is 1.95. The maximum Gasteiger partial charge on any atom is 0.252 e. The number of carbonyl (C=O) groups is 1. The Morgan fingerprint density at radius 1 is 1.32 bits per heavy atom. The van der Waals surface area contributed by atoms with Crippen LogP contribution in [-0.2, 0) is 11.2 Å². The number of hydrogen-bond donors (Lipinski definition) is 1. The number of nitrogens with zero attached hydrogens (tertiary/aromatic N) is 1. The van der Waals surface area contributed by atoms with Gasteiger partial charge in [-0.25, -0.2) is 0 Å². The van der Waals surface area contributed by atoms with Crippen molar-refractivity contribution in [3.05, 3.63) is 41.1 Å². The summed E-state index contributed by atoms with van der Waals surface area (Å²) in [5.41, 5.74) is 3.70. The van der Waals surface area contributed by atoms with Crippen LogP contribution in [-0.4, -0.2) is 30.1 Å². The number of rotatable bonds is 3. The normalized spacial score (nSPS) is 15.9. The van der Waals surface area contributed by atoms with Gasteiger partial charge in [-0.1, -0.05) is 13.0 Å². The van der Waals surface area contributed by atoms with E-state index in [1.165, 1.54) is 5.56 Å². The number of carbonyl (C=O) groups excluding carboxylic acids is 1. The molecule has 1 aliphatic heterocycles. The standard InChI is InChI=1S/C18H22N2O2/c1-3-13-4-5-17-15(11-13)16(10-12(2)19-17)18(21)20-14-6-8-22-9-7-14/h4-5,10-11,14H,3,6-9H2,1-2H3,(H,20,21). The van der Waals surface area contributed by atoms with Crippen molar-refractivity contribution in [2.75, 3.05) is 13.2 Å². The average molecular weight is 298 g/mol. The zero-order valence-electron chi connectivity index (χ0n) is 13.2. The summed E-state index contributed by atoms with van der Waals surface area (Å²) in [6, 6.07) is 8.26. The summed E-state index contributed by atoms with van der Waals surface area (Å²) in [4.78, 5) is 17.2. The lowest BCUT2D eigenvalue weighted by molar-refractivity contribution is 0.0697. The topological polar surface area (TPSA) is 51.2 Å². The molecule has 2 aromatic rings. The molecule has 1 aromatic carbocycles. The van der Waals surface area contributed by atoms with Gasteiger partial charge in [0.25, 0.3) is 5.91 Å². The molecule has 0 atom stereocenters. The maximum absolute atomic E-state index is 12.7. The Morgan fingerprint density at radius 3 is 2.82 bits per heavy atom. The van der Waals surface area contributed by atoms with Crippen LogP contribution in [0.15, 0.2) is 24.3 Å². The van der Waals surface area contributed by atoms with E-state index < -0.39 is 0 Å². The van der Waals surface area contributed by atoms with Crippen LogP contribution in [0.1, 0.15) is 41.4 Å². The highest BCUT2D eigenvalue weighted by Crippen LogP contribution is 2.21. The summed E-state index contributed by atoms with van der Waals surface area (Å²) >= 11 is 0. The lowest BCUT2D eigenvalue weighted by Gasteiger charge is -2.23. The SMILES string of the molecule is CCc1ccc2nc(C)cc(C(=O)NC3CCOCC3)c2c1. The lowest BCUT2D eigenvalue weighted by atomic mass is 10.0. The van der Waals surface area contributed by atoms with Crippen LogP contribution in [0, 0.1) is 6.92 Å². The quantitative estimate of drug-likeness (QED) is 0.947. The van der Waals surface area contributed by atoms with Crippen LogP contribution in [0.4, 0.5) is 0 Å². The highest BCUT2D eigenvalue weighted by molar-refractivity contribution is 6.06. The molecular weight excluding hydrogens is 276 g/mol. The highest BCUT2D eigenvalue weighted by Gasteiger charge is 2.19. The second-order valence-electron chi connectivity index (χ2n) is 5.88. The molecule has 0 bridgehead atoms. The van der Waals surface area contributed by atoms with Gasteiger partial charge in [-0.15, -0.1) is 0 Å². The minimum atomic E-state index is -0.00402. The Labute approximate surface area is 130 Å². The molecule has 1 N–H and O–H groups in total. The molecule has 0 spiro atoms. The number of amides is 1. The van der Waals surface area contributed by atoms with Gasteiger partial charge in [0.15, 0.2) is 0 Å². The molecule has 0 saturated carbocycles. The number of aryl methyl sites for hydroxylation is 2. The van der Waals surface area contributed by atoms with Gasteiger partial charge < -0.3 is 10.1 Å². The third-order valence-corrected chi connectivity index (χ3v) is 4.21. The molecule has 0 unspecified atom stereocenters. The minimum absolute atomic E-state index is 0.00402. The highest BCUT2D eigenvalue weighted by atomic mass is 16.5. The summed E-state index contributed by atoms with van der Waals surface area (Å²) < 4.78 is 5.35. The first kappa shape index (κ1) is 15.0. The van der Waals surface area contributed by atoms with Crippen molar-refractivity contribution < 1.29 is 9.53 Å². The van der Waals surface area contributed by atoms with Gasteiger partial charge in [0.05, 0.1) is 11.1 Å². The van der Waals surface area contributed by atoms with Gasteiger partial charge in [-0.3, -0.25) is 9.78 Å². The number of fused-ring (bicyclic) bond motifs is 1. The van der Waals surface area contributed by atoms with Crippen molar-refractivity contribution >= 4 is 16.8 Å². The molecule has 1 aliphatic rings. The van der Waals surface area contributed by atoms with Crippen LogP contribution in [0.2, 0.25) is 0 Å². The van der Waals surface area contributed by atoms with E-state index in [0.717, 1.165) is 54.6 Å². The van der Waals surface area contributed by atoms with Gasteiger partial charge in [-0.05, 0) is 49.9 Å². The first-order chi connectivity index (χ1) is 10.7. The van der Waals surface area contributed by atoms with Crippen molar-refractivity contribution in [1.82, 2.24) is 10.3 Å². The first-order valence-electron chi connectivity index (χ1n) is 7.96. The van der Waals surface area contributed by atoms with Crippen LogP contribution in [0.5, 0.6) is 0 Å². The molecule has 0 radical (unpaired) electrons. The molecule has 4 heteroatoms. The van der Waals surface area contributed by atoms with Crippen LogP contribution >= 0.6 is 0 Å². The summed E-state index contributed by atoms with van der Waals surface area (Å²) in [7, 11) is 0. The minimum Gasteiger partial charge on any atom is -0.381 e. The Bertz CT molecular complexity index is 691. The molecule has 22 heavy (non-hydrogen) atoms. The van der Waals surface area contributed by atoms with Crippen molar-refractivity contribution in [2.45, 2.75) is 39.2 Å². The number of pyridine rings is 1. The summed E-state index contributed by atoms with van der Waals surface area (Å²) in [6.07, 6.45) is 2.72. The number of benzene rings is 1. The van der Waals surface area contributed by atoms with Crippen molar-refractivity contribution in [3.8, 4) is 0 Å². The van der Waals surface area contributed by atoms with Crippen LogP contribution in [0.3, 0.4) is 0 Å². The van der Waals surface area contributed by atoms with Crippen molar-refractivity contribution in [3.63, 3.8) is 0 Å². The van der Waals surface area contributed by atoms with Crippen LogP contribution in [0.25, 0.3) is 10.9 Å². The molecule has 1 amide bonds. The Kier molecular flexibility index (Phi) is 4.39. The van der Waals surface area contributed by atoms with E-state index in [4.69, 9.17) is 4.74 Å². The summed E-state index contributed by atoms with van der Waals surface area (Å²) in [5, 5.41) is 4.08. The van der Waals surface area contributed by atoms with Gasteiger partial charge in [0, 0.05) is 30.3 Å². The monoisotopic (exact) mass is 298 g/mol. The zero-order valence-corrected chi connectivity index (χ0v) is 13.2. The smallest absolute Gasteiger partial charge is 0.252 e. The fourth-order valence-electron chi connectivity index (χ4n) is 2.92. The molecule has 2 heterocycles. The molecule has 4 nitrogen and oxygen atoms in total. The first-order valence-corrected chi connectivity index (χ1v) is 7.96. The van der Waals surface area contributed by atoms with Gasteiger partial charge in [0.1, 0.15) is 0 Å². The van der Waals surface area contributed by atoms with E-state index in [1.54, 1.807) is 0 Å². The fraction of sp³-hybridized carbons (Fsp3) is 0.444. The number of nitrogens with one attached hydrogen (secondary N) is 1. The Hall–Kier alpha value is -1.94. The predicted octanol–water partition coefficient (Wildman–Crippen LogP) is 3.01. The average Bonchev–Trinajstić information content (AvgIpc) is 2.54. The zero-order chi connectivity index (χ0) is 15.5.